The van der Waals surface area contributed by atoms with Gasteiger partial charge in [0.25, 0.3) is 5.91 Å². The van der Waals surface area contributed by atoms with E-state index in [-0.39, 0.29) is 11.4 Å². The molecule has 1 N–H and O–H groups in total. The van der Waals surface area contributed by atoms with Gasteiger partial charge in [-0.1, -0.05) is 0 Å². The molecule has 0 aliphatic rings. The molecule has 1 rings (SSSR count). The minimum absolute atomic E-state index is 0.0835. The Bertz CT molecular complexity index is 505. The average molecular weight is 323 g/mol. The van der Waals surface area contributed by atoms with E-state index in [1.54, 1.807) is 6.92 Å². The monoisotopic (exact) mass is 323 g/mol. The minimum Gasteiger partial charge on any atom is -0.491 e. The highest BCUT2D eigenvalue weighted by molar-refractivity contribution is 5.95. The highest BCUT2D eigenvalue weighted by Crippen LogP contribution is 2.27. The molecule has 1 amide bonds. The van der Waals surface area contributed by atoms with Gasteiger partial charge in [0.2, 0.25) is 0 Å². The van der Waals surface area contributed by atoms with Gasteiger partial charge in [-0.3, -0.25) is 4.79 Å². The van der Waals surface area contributed by atoms with Crippen LogP contribution in [0.1, 0.15) is 20.3 Å². The fourth-order valence-electron chi connectivity index (χ4n) is 1.56. The summed E-state index contributed by atoms with van der Waals surface area (Å²) >= 11 is 0. The number of carbonyl (C=O) groups is 1. The smallest absolute Gasteiger partial charge is 0.392 e. The zero-order chi connectivity index (χ0) is 16.8. The Morgan fingerprint density at radius 1 is 1.36 bits per heavy atom. The number of anilines is 1. The summed E-state index contributed by atoms with van der Waals surface area (Å²) in [5, 5.41) is 2.43. The third-order valence-electron chi connectivity index (χ3n) is 2.63. The van der Waals surface area contributed by atoms with Crippen LogP contribution in [0, 0.1) is 5.82 Å². The van der Waals surface area contributed by atoms with Gasteiger partial charge in [0, 0.05) is 12.7 Å². The Morgan fingerprint density at radius 3 is 2.64 bits per heavy atom. The number of rotatable bonds is 7. The van der Waals surface area contributed by atoms with Crippen LogP contribution in [0.5, 0.6) is 5.75 Å². The summed E-state index contributed by atoms with van der Waals surface area (Å²) in [4.78, 5) is 11.8. The number of benzene rings is 1. The summed E-state index contributed by atoms with van der Waals surface area (Å²) in [5.74, 6) is -1.35. The Labute approximate surface area is 125 Å². The number of nitrogens with one attached hydrogen (secondary N) is 1. The standard InChI is InChI=1S/C14H17F4NO3/c1-3-21-9(2)13(20)19-11-5-4-10(15)8-12(11)22-7-6-14(16,17)18/h4-5,8-9H,3,6-7H2,1-2H3,(H,19,20)/t9-/m1/s1. The molecule has 4 nitrogen and oxygen atoms in total. The van der Waals surface area contributed by atoms with E-state index in [0.717, 1.165) is 12.1 Å². The maximum atomic E-state index is 13.2. The quantitative estimate of drug-likeness (QED) is 0.781. The van der Waals surface area contributed by atoms with Crippen molar-refractivity contribution in [3.8, 4) is 5.75 Å². The Kier molecular flexibility index (Phi) is 6.61. The molecule has 0 spiro atoms. The summed E-state index contributed by atoms with van der Waals surface area (Å²) in [5.41, 5.74) is 0.0835. The summed E-state index contributed by atoms with van der Waals surface area (Å²) in [7, 11) is 0. The van der Waals surface area contributed by atoms with Crippen LogP contribution in [0.15, 0.2) is 18.2 Å². The molecule has 0 aromatic heterocycles. The largest absolute Gasteiger partial charge is 0.491 e. The van der Waals surface area contributed by atoms with Crippen LogP contribution in [0.3, 0.4) is 0 Å². The second-order valence-corrected chi connectivity index (χ2v) is 4.44. The van der Waals surface area contributed by atoms with Crippen LogP contribution >= 0.6 is 0 Å². The van der Waals surface area contributed by atoms with Crippen LogP contribution in [0.4, 0.5) is 23.2 Å². The van der Waals surface area contributed by atoms with E-state index in [4.69, 9.17) is 9.47 Å². The molecule has 124 valence electrons. The molecule has 0 radical (unpaired) electrons. The van der Waals surface area contributed by atoms with Crippen LogP contribution in [-0.4, -0.2) is 31.4 Å². The normalized spacial score (nSPS) is 12.8. The summed E-state index contributed by atoms with van der Waals surface area (Å²) < 4.78 is 59.5. The van der Waals surface area contributed by atoms with Gasteiger partial charge in [0.1, 0.15) is 17.7 Å². The number of alkyl halides is 3. The lowest BCUT2D eigenvalue weighted by Crippen LogP contribution is -2.28. The van der Waals surface area contributed by atoms with Gasteiger partial charge in [-0.2, -0.15) is 13.2 Å². The molecular formula is C14H17F4NO3. The van der Waals surface area contributed by atoms with E-state index < -0.39 is 37.0 Å². The molecule has 0 fully saturated rings. The number of halogens is 4. The van der Waals surface area contributed by atoms with E-state index in [1.807, 2.05) is 0 Å². The van der Waals surface area contributed by atoms with Gasteiger partial charge in [-0.25, -0.2) is 4.39 Å². The first-order valence-electron chi connectivity index (χ1n) is 6.64. The Hall–Kier alpha value is -1.83. The van der Waals surface area contributed by atoms with Gasteiger partial charge < -0.3 is 14.8 Å². The first kappa shape index (κ1) is 18.2. The number of amides is 1. The van der Waals surface area contributed by atoms with Crippen molar-refractivity contribution in [2.75, 3.05) is 18.5 Å². The minimum atomic E-state index is -4.37. The van der Waals surface area contributed by atoms with Crippen molar-refractivity contribution >= 4 is 11.6 Å². The fourth-order valence-corrected chi connectivity index (χ4v) is 1.56. The average Bonchev–Trinajstić information content (AvgIpc) is 2.40. The van der Waals surface area contributed by atoms with Gasteiger partial charge in [-0.15, -0.1) is 0 Å². The molecule has 8 heteroatoms. The van der Waals surface area contributed by atoms with Crippen molar-refractivity contribution in [2.24, 2.45) is 0 Å². The van der Waals surface area contributed by atoms with Gasteiger partial charge in [0.15, 0.2) is 0 Å². The van der Waals surface area contributed by atoms with E-state index in [2.05, 4.69) is 5.32 Å². The van der Waals surface area contributed by atoms with Gasteiger partial charge in [0.05, 0.1) is 18.7 Å². The zero-order valence-corrected chi connectivity index (χ0v) is 12.2. The molecule has 1 atom stereocenters. The number of hydrogen-bond donors (Lipinski definition) is 1. The first-order valence-corrected chi connectivity index (χ1v) is 6.64. The van der Waals surface area contributed by atoms with Gasteiger partial charge in [-0.05, 0) is 26.0 Å². The number of ether oxygens (including phenoxy) is 2. The van der Waals surface area contributed by atoms with Gasteiger partial charge >= 0.3 is 6.18 Å². The lowest BCUT2D eigenvalue weighted by atomic mass is 10.2. The van der Waals surface area contributed by atoms with Crippen molar-refractivity contribution in [1.82, 2.24) is 0 Å². The maximum absolute atomic E-state index is 13.2. The van der Waals surface area contributed by atoms with Crippen LogP contribution in [0.25, 0.3) is 0 Å². The van der Waals surface area contributed by atoms with Crippen LogP contribution < -0.4 is 10.1 Å². The van der Waals surface area contributed by atoms with Crippen molar-refractivity contribution in [2.45, 2.75) is 32.5 Å². The lowest BCUT2D eigenvalue weighted by molar-refractivity contribution is -0.139. The van der Waals surface area contributed by atoms with E-state index in [0.29, 0.717) is 6.61 Å². The molecule has 0 unspecified atom stereocenters. The van der Waals surface area contributed by atoms with Crippen LogP contribution in [-0.2, 0) is 9.53 Å². The SMILES string of the molecule is CCO[C@H](C)C(=O)Nc1ccc(F)cc1OCCC(F)(F)F. The second-order valence-electron chi connectivity index (χ2n) is 4.44. The second kappa shape index (κ2) is 7.98. The van der Waals surface area contributed by atoms with Crippen LogP contribution in [0.2, 0.25) is 0 Å². The molecular weight excluding hydrogens is 306 g/mol. The summed E-state index contributed by atoms with van der Waals surface area (Å²) in [6, 6.07) is 3.20. The summed E-state index contributed by atoms with van der Waals surface area (Å²) in [6.07, 6.45) is -6.30. The first-order chi connectivity index (χ1) is 10.2. The van der Waals surface area contributed by atoms with E-state index in [1.165, 1.54) is 13.0 Å². The molecule has 1 aromatic rings. The van der Waals surface area contributed by atoms with Crippen molar-refractivity contribution in [3.05, 3.63) is 24.0 Å². The third kappa shape index (κ3) is 6.30. The molecule has 0 heterocycles. The van der Waals surface area contributed by atoms with E-state index in [9.17, 15) is 22.4 Å². The highest BCUT2D eigenvalue weighted by Gasteiger charge is 2.27. The topological polar surface area (TPSA) is 47.6 Å². The Morgan fingerprint density at radius 2 is 2.05 bits per heavy atom. The molecule has 0 saturated heterocycles. The predicted octanol–water partition coefficient (Wildman–Crippen LogP) is 3.52. The van der Waals surface area contributed by atoms with Crippen molar-refractivity contribution in [1.29, 1.82) is 0 Å². The number of carbonyl (C=O) groups excluding carboxylic acids is 1. The number of hydrogen-bond acceptors (Lipinski definition) is 3. The van der Waals surface area contributed by atoms with E-state index >= 15 is 0 Å². The highest BCUT2D eigenvalue weighted by atomic mass is 19.4. The lowest BCUT2D eigenvalue weighted by Gasteiger charge is -2.16. The third-order valence-corrected chi connectivity index (χ3v) is 2.63. The molecule has 0 aliphatic carbocycles. The fraction of sp³-hybridized carbons (Fsp3) is 0.500. The zero-order valence-electron chi connectivity index (χ0n) is 12.2. The maximum Gasteiger partial charge on any atom is 0.392 e. The molecule has 0 aliphatic heterocycles. The molecule has 0 saturated carbocycles. The molecule has 1 aromatic carbocycles. The molecule has 22 heavy (non-hydrogen) atoms. The Balaban J connectivity index is 2.75. The summed E-state index contributed by atoms with van der Waals surface area (Å²) in [6.45, 7) is 2.89. The van der Waals surface area contributed by atoms with Crippen molar-refractivity contribution in [3.63, 3.8) is 0 Å². The predicted molar refractivity (Wildman–Crippen MR) is 72.3 cm³/mol. The van der Waals surface area contributed by atoms with Crippen molar-refractivity contribution < 1.29 is 31.8 Å². The molecule has 0 bridgehead atoms.